The molecule has 0 saturated carbocycles. The van der Waals surface area contributed by atoms with Gasteiger partial charge in [-0.2, -0.15) is 16.3 Å². The minimum Gasteiger partial charge on any atom is -0.481 e. The van der Waals surface area contributed by atoms with Gasteiger partial charge in [-0.25, -0.2) is 9.97 Å². The first-order valence-corrected chi connectivity index (χ1v) is 20.0. The van der Waals surface area contributed by atoms with Crippen LogP contribution in [0.2, 0.25) is 0 Å². The van der Waals surface area contributed by atoms with Gasteiger partial charge in [0, 0.05) is 43.5 Å². The lowest BCUT2D eigenvalue weighted by Crippen LogP contribution is -2.28. The molecule has 1 atom stereocenters. The van der Waals surface area contributed by atoms with E-state index in [9.17, 15) is 9.90 Å². The number of carboxylic acid groups (broad SMARTS) is 1. The van der Waals surface area contributed by atoms with Crippen molar-refractivity contribution in [2.24, 2.45) is 5.41 Å². The van der Waals surface area contributed by atoms with E-state index in [1.54, 1.807) is 44.1 Å². The maximum absolute atomic E-state index is 11.3. The van der Waals surface area contributed by atoms with Crippen LogP contribution in [-0.2, 0) is 14.3 Å². The number of aliphatic carboxylic acids is 1. The number of hydrogen-bond donors (Lipinski definition) is 1. The Labute approximate surface area is 296 Å². The molecule has 1 aromatic rings. The van der Waals surface area contributed by atoms with Crippen LogP contribution in [0.4, 0.5) is 0 Å². The number of rotatable bonds is 32. The predicted molar refractivity (Wildman–Crippen MR) is 198 cm³/mol. The molecule has 1 aromatic heterocycles. The predicted octanol–water partition coefficient (Wildman–Crippen LogP) is 8.58. The number of ether oxygens (including phenoxy) is 3. The minimum absolute atomic E-state index is 0.110. The molecule has 0 fully saturated rings. The molecule has 1 N–H and O–H groups in total. The highest BCUT2D eigenvalue weighted by molar-refractivity contribution is 7.99. The van der Waals surface area contributed by atoms with Gasteiger partial charge in [0.25, 0.3) is 0 Å². The van der Waals surface area contributed by atoms with Crippen LogP contribution in [0.5, 0.6) is 6.01 Å². The summed E-state index contributed by atoms with van der Waals surface area (Å²) in [5, 5.41) is 9.30. The van der Waals surface area contributed by atoms with Gasteiger partial charge in [0.15, 0.2) is 6.20 Å². The maximum atomic E-state index is 11.3. The molecular formula is C38H67N4O5S+. The number of aromatic nitrogens is 2. The van der Waals surface area contributed by atoms with E-state index in [0.29, 0.717) is 38.9 Å². The quantitative estimate of drug-likeness (QED) is 0.0589. The van der Waals surface area contributed by atoms with Crippen molar-refractivity contribution >= 4 is 23.9 Å². The Morgan fingerprint density at radius 3 is 2.12 bits per heavy atom. The van der Waals surface area contributed by atoms with Gasteiger partial charge < -0.3 is 24.2 Å². The zero-order valence-electron chi connectivity index (χ0n) is 30.5. The number of thioether (sulfide) groups is 1. The van der Waals surface area contributed by atoms with Crippen molar-refractivity contribution in [3.05, 3.63) is 30.9 Å². The van der Waals surface area contributed by atoms with Crippen LogP contribution in [0.15, 0.2) is 30.9 Å². The van der Waals surface area contributed by atoms with Crippen LogP contribution in [0, 0.1) is 5.41 Å². The third-order valence-electron chi connectivity index (χ3n) is 8.69. The SMILES string of the molecule is CCCCCCCCCCCCCCCCCCOCC(CSCCOCCN1C=C[N+](=CCC(C)(C)C(=O)O)C1)Oc1ncccn1. The fraction of sp³-hybridized carbons (Fsp3) is 0.789. The van der Waals surface area contributed by atoms with E-state index in [1.165, 1.54) is 96.3 Å². The molecule has 1 aliphatic rings. The molecule has 274 valence electrons. The lowest BCUT2D eigenvalue weighted by Gasteiger charge is -2.18. The van der Waals surface area contributed by atoms with E-state index in [-0.39, 0.29) is 6.10 Å². The average molecular weight is 692 g/mol. The van der Waals surface area contributed by atoms with Gasteiger partial charge in [0.05, 0.1) is 31.4 Å². The normalized spacial score (nSPS) is 14.6. The van der Waals surface area contributed by atoms with Crippen molar-refractivity contribution < 1.29 is 28.7 Å². The summed E-state index contributed by atoms with van der Waals surface area (Å²) in [6.07, 6.45) is 31.6. The Morgan fingerprint density at radius 1 is 0.917 bits per heavy atom. The van der Waals surface area contributed by atoms with E-state index in [0.717, 1.165) is 31.1 Å². The second-order valence-corrected chi connectivity index (χ2v) is 14.8. The smallest absolute Gasteiger partial charge is 0.316 e. The Bertz CT molecular complexity index is 995. The molecule has 0 aliphatic carbocycles. The van der Waals surface area contributed by atoms with Gasteiger partial charge in [-0.3, -0.25) is 4.79 Å². The molecule has 0 bridgehead atoms. The Kier molecular flexibility index (Phi) is 24.2. The van der Waals surface area contributed by atoms with E-state index in [2.05, 4.69) is 21.8 Å². The molecular weight excluding hydrogens is 625 g/mol. The summed E-state index contributed by atoms with van der Waals surface area (Å²) in [4.78, 5) is 21.9. The molecule has 0 spiro atoms. The molecule has 1 aliphatic heterocycles. The second-order valence-electron chi connectivity index (χ2n) is 13.7. The van der Waals surface area contributed by atoms with Crippen molar-refractivity contribution in [2.45, 2.75) is 136 Å². The van der Waals surface area contributed by atoms with Crippen LogP contribution in [0.3, 0.4) is 0 Å². The minimum atomic E-state index is -0.783. The highest BCUT2D eigenvalue weighted by Gasteiger charge is 2.28. The van der Waals surface area contributed by atoms with Crippen molar-refractivity contribution in [1.29, 1.82) is 0 Å². The first-order valence-electron chi connectivity index (χ1n) is 18.8. The van der Waals surface area contributed by atoms with Gasteiger partial charge in [0.2, 0.25) is 6.67 Å². The van der Waals surface area contributed by atoms with Crippen LogP contribution < -0.4 is 4.74 Å². The van der Waals surface area contributed by atoms with Gasteiger partial charge in [0.1, 0.15) is 12.3 Å². The number of unbranched alkanes of at least 4 members (excludes halogenated alkanes) is 15. The molecule has 1 unspecified atom stereocenters. The second kappa shape index (κ2) is 27.6. The fourth-order valence-corrected chi connectivity index (χ4v) is 6.21. The molecule has 2 heterocycles. The maximum Gasteiger partial charge on any atom is 0.316 e. The zero-order chi connectivity index (χ0) is 34.5. The lowest BCUT2D eigenvalue weighted by atomic mass is 9.90. The van der Waals surface area contributed by atoms with Crippen LogP contribution in [-0.4, -0.2) is 94.0 Å². The topological polar surface area (TPSA) is 97.0 Å². The largest absolute Gasteiger partial charge is 0.481 e. The first-order chi connectivity index (χ1) is 23.4. The van der Waals surface area contributed by atoms with Crippen LogP contribution in [0.25, 0.3) is 0 Å². The van der Waals surface area contributed by atoms with Gasteiger partial charge in [-0.15, -0.1) is 0 Å². The van der Waals surface area contributed by atoms with Gasteiger partial charge in [-0.05, 0) is 26.3 Å². The first kappa shape index (κ1) is 42.0. The monoisotopic (exact) mass is 691 g/mol. The summed E-state index contributed by atoms with van der Waals surface area (Å²) in [6.45, 7) is 9.88. The van der Waals surface area contributed by atoms with Crippen molar-refractivity contribution in [1.82, 2.24) is 14.9 Å². The van der Waals surface area contributed by atoms with Crippen molar-refractivity contribution in [2.75, 3.05) is 51.1 Å². The van der Waals surface area contributed by atoms with Gasteiger partial charge >= 0.3 is 12.0 Å². The van der Waals surface area contributed by atoms with Gasteiger partial charge in [-0.1, -0.05) is 103 Å². The highest BCUT2D eigenvalue weighted by atomic mass is 32.2. The summed E-state index contributed by atoms with van der Waals surface area (Å²) in [5.41, 5.74) is -0.766. The molecule has 0 saturated heterocycles. The van der Waals surface area contributed by atoms with Crippen molar-refractivity contribution in [3.63, 3.8) is 0 Å². The molecule has 0 radical (unpaired) electrons. The fourth-order valence-electron chi connectivity index (χ4n) is 5.38. The Morgan fingerprint density at radius 2 is 1.52 bits per heavy atom. The molecule has 48 heavy (non-hydrogen) atoms. The zero-order valence-corrected chi connectivity index (χ0v) is 31.3. The number of hydrogen-bond acceptors (Lipinski definition) is 8. The van der Waals surface area contributed by atoms with E-state index in [1.807, 2.05) is 23.2 Å². The third-order valence-corrected chi connectivity index (χ3v) is 9.75. The number of carboxylic acids is 1. The summed E-state index contributed by atoms with van der Waals surface area (Å²) in [5.74, 6) is 0.871. The summed E-state index contributed by atoms with van der Waals surface area (Å²) in [6, 6.07) is 2.18. The molecule has 9 nitrogen and oxygen atoms in total. The highest BCUT2D eigenvalue weighted by Crippen LogP contribution is 2.19. The molecule has 0 aromatic carbocycles. The Balaban J connectivity index is 1.47. The van der Waals surface area contributed by atoms with E-state index < -0.39 is 11.4 Å². The average Bonchev–Trinajstić information content (AvgIpc) is 3.54. The van der Waals surface area contributed by atoms with Crippen LogP contribution >= 0.6 is 11.8 Å². The summed E-state index contributed by atoms with van der Waals surface area (Å²) < 4.78 is 20.0. The third kappa shape index (κ3) is 21.7. The Hall–Kier alpha value is -2.17. The lowest BCUT2D eigenvalue weighted by molar-refractivity contribution is -0.460. The van der Waals surface area contributed by atoms with Crippen LogP contribution in [0.1, 0.15) is 130 Å². The molecule has 10 heteroatoms. The van der Waals surface area contributed by atoms with E-state index in [4.69, 9.17) is 14.2 Å². The molecule has 2 rings (SSSR count). The van der Waals surface area contributed by atoms with Crippen molar-refractivity contribution in [3.8, 4) is 6.01 Å². The summed E-state index contributed by atoms with van der Waals surface area (Å²) in [7, 11) is 0. The van der Waals surface area contributed by atoms with E-state index >= 15 is 0 Å². The standard InChI is InChI=1S/C38H66N4O5S/c1-4-5-6-7-8-9-10-11-12-13-14-15-16-17-18-19-28-46-32-35(47-37-39-22-20-23-40-37)33-48-31-30-45-29-27-42-26-25-41(34-42)24-21-38(2,3)36(43)44/h20,22-26,35H,4-19,21,27-34H2,1-3H3/p+1. The summed E-state index contributed by atoms with van der Waals surface area (Å²) >= 11 is 1.79. The molecule has 0 amide bonds. The number of carbonyl (C=O) groups is 1. The number of nitrogens with zero attached hydrogens (tertiary/aromatic N) is 4.